The first kappa shape index (κ1) is 12.8. The Balaban J connectivity index is 1.80. The van der Waals surface area contributed by atoms with Crippen LogP contribution < -0.4 is 5.32 Å². The molecule has 2 heterocycles. The van der Waals surface area contributed by atoms with Gasteiger partial charge in [-0.1, -0.05) is 6.42 Å². The molecule has 2 bridgehead atoms. The lowest BCUT2D eigenvalue weighted by atomic mass is 9.77. The zero-order chi connectivity index (χ0) is 13.4. The van der Waals surface area contributed by atoms with Crippen molar-refractivity contribution < 1.29 is 9.18 Å². The van der Waals surface area contributed by atoms with E-state index in [1.165, 1.54) is 31.4 Å². The molecule has 0 radical (unpaired) electrons. The molecule has 1 aromatic rings. The lowest BCUT2D eigenvalue weighted by Crippen LogP contribution is -2.50. The molecule has 0 amide bonds. The van der Waals surface area contributed by atoms with E-state index in [2.05, 4.69) is 5.32 Å². The molecule has 102 valence electrons. The maximum atomic E-state index is 13.1. The van der Waals surface area contributed by atoms with E-state index in [1.54, 1.807) is 6.07 Å². The first-order valence-corrected chi connectivity index (χ1v) is 7.20. The number of fused-ring (bicyclic) bond motifs is 2. The van der Waals surface area contributed by atoms with Gasteiger partial charge < -0.3 is 5.32 Å². The average molecular weight is 261 g/mol. The first-order valence-electron chi connectivity index (χ1n) is 7.20. The van der Waals surface area contributed by atoms with E-state index in [0.717, 1.165) is 18.4 Å². The summed E-state index contributed by atoms with van der Waals surface area (Å²) in [5, 5.41) is 3.60. The maximum Gasteiger partial charge on any atom is 0.166 e. The number of halogens is 1. The van der Waals surface area contributed by atoms with Crippen molar-refractivity contribution in [3.05, 3.63) is 35.1 Å². The van der Waals surface area contributed by atoms with Crippen LogP contribution in [0.1, 0.15) is 48.0 Å². The molecule has 0 aliphatic carbocycles. The number of nitrogens with one attached hydrogen (secondary N) is 1. The van der Waals surface area contributed by atoms with Crippen molar-refractivity contribution in [3.63, 3.8) is 0 Å². The summed E-state index contributed by atoms with van der Waals surface area (Å²) in [5.41, 5.74) is 1.46. The summed E-state index contributed by atoms with van der Waals surface area (Å²) in [4.78, 5) is 12.6. The molecule has 2 aliphatic heterocycles. The predicted octanol–water partition coefficient (Wildman–Crippen LogP) is 3.24. The van der Waals surface area contributed by atoms with Gasteiger partial charge in [-0.15, -0.1) is 0 Å². The van der Waals surface area contributed by atoms with E-state index in [4.69, 9.17) is 0 Å². The zero-order valence-electron chi connectivity index (χ0n) is 11.3. The molecule has 19 heavy (non-hydrogen) atoms. The third-order valence-electron chi connectivity index (χ3n) is 4.54. The molecule has 1 aromatic carbocycles. The second-order valence-corrected chi connectivity index (χ2v) is 5.98. The summed E-state index contributed by atoms with van der Waals surface area (Å²) < 4.78 is 13.1. The topological polar surface area (TPSA) is 29.1 Å². The molecule has 3 heteroatoms. The molecule has 3 rings (SSSR count). The smallest absolute Gasteiger partial charge is 0.166 e. The Kier molecular flexibility index (Phi) is 3.40. The normalized spacial score (nSPS) is 30.1. The van der Waals surface area contributed by atoms with Crippen molar-refractivity contribution in [3.8, 4) is 0 Å². The van der Waals surface area contributed by atoms with Gasteiger partial charge in [-0.25, -0.2) is 4.39 Å². The van der Waals surface area contributed by atoms with Gasteiger partial charge in [-0.05, 0) is 56.4 Å². The lowest BCUT2D eigenvalue weighted by molar-refractivity contribution is 0.0824. The molecule has 2 fully saturated rings. The number of carbonyl (C=O) groups excluding carboxylic acids is 1. The van der Waals surface area contributed by atoms with Crippen LogP contribution in [0, 0.1) is 18.7 Å². The van der Waals surface area contributed by atoms with Gasteiger partial charge in [0.25, 0.3) is 0 Å². The van der Waals surface area contributed by atoms with Crippen LogP contribution in [0.5, 0.6) is 0 Å². The van der Waals surface area contributed by atoms with Crippen LogP contribution in [-0.2, 0) is 0 Å². The van der Waals surface area contributed by atoms with Crippen LogP contribution >= 0.6 is 0 Å². The molecule has 2 aliphatic rings. The van der Waals surface area contributed by atoms with E-state index in [9.17, 15) is 9.18 Å². The summed E-state index contributed by atoms with van der Waals surface area (Å²) >= 11 is 0. The number of ketones is 1. The highest BCUT2D eigenvalue weighted by Crippen LogP contribution is 2.32. The molecule has 0 saturated carbocycles. The number of aryl methyl sites for hydroxylation is 1. The largest absolute Gasteiger partial charge is 0.311 e. The van der Waals surface area contributed by atoms with Crippen molar-refractivity contribution in [2.75, 3.05) is 0 Å². The molecule has 2 unspecified atom stereocenters. The predicted molar refractivity (Wildman–Crippen MR) is 72.8 cm³/mol. The summed E-state index contributed by atoms with van der Waals surface area (Å²) in [5.74, 6) is 0.0489. The van der Waals surface area contributed by atoms with Crippen molar-refractivity contribution in [2.24, 2.45) is 5.92 Å². The monoisotopic (exact) mass is 261 g/mol. The number of rotatable bonds is 2. The number of benzene rings is 1. The quantitative estimate of drug-likeness (QED) is 0.828. The first-order chi connectivity index (χ1) is 9.13. The molecular formula is C16H20FNO. The molecule has 2 nitrogen and oxygen atoms in total. The minimum Gasteiger partial charge on any atom is -0.311 e. The minimum atomic E-state index is -0.267. The van der Waals surface area contributed by atoms with Gasteiger partial charge in [0, 0.05) is 23.6 Å². The third kappa shape index (κ3) is 2.57. The number of piperidine rings is 2. The Bertz CT molecular complexity index is 488. The number of Topliss-reactive ketones (excluding diaryl/α,β-unsaturated/α-hetero) is 1. The van der Waals surface area contributed by atoms with Crippen molar-refractivity contribution in [1.29, 1.82) is 0 Å². The van der Waals surface area contributed by atoms with Gasteiger partial charge in [-0.3, -0.25) is 4.79 Å². The highest BCUT2D eigenvalue weighted by Gasteiger charge is 2.35. The highest BCUT2D eigenvalue weighted by atomic mass is 19.1. The summed E-state index contributed by atoms with van der Waals surface area (Å²) in [6.07, 6.45) is 5.52. The fourth-order valence-corrected chi connectivity index (χ4v) is 3.60. The number of carbonyl (C=O) groups is 1. The van der Waals surface area contributed by atoms with E-state index in [0.29, 0.717) is 17.6 Å². The number of hydrogen-bond acceptors (Lipinski definition) is 2. The molecule has 2 atom stereocenters. The summed E-state index contributed by atoms with van der Waals surface area (Å²) in [6, 6.07) is 5.49. The SMILES string of the molecule is Cc1cc(F)ccc1C(=O)C1CC2CCCC(C1)N2. The molecule has 2 saturated heterocycles. The van der Waals surface area contributed by atoms with Crippen molar-refractivity contribution in [1.82, 2.24) is 5.32 Å². The Hall–Kier alpha value is -1.22. The number of hydrogen-bond donors (Lipinski definition) is 1. The van der Waals surface area contributed by atoms with Gasteiger partial charge in [0.1, 0.15) is 5.82 Å². The van der Waals surface area contributed by atoms with Gasteiger partial charge in [0.2, 0.25) is 0 Å². The molecule has 0 spiro atoms. The lowest BCUT2D eigenvalue weighted by Gasteiger charge is -2.39. The van der Waals surface area contributed by atoms with Gasteiger partial charge in [0.05, 0.1) is 0 Å². The van der Waals surface area contributed by atoms with Gasteiger partial charge in [0.15, 0.2) is 5.78 Å². The van der Waals surface area contributed by atoms with Crippen LogP contribution in [0.4, 0.5) is 4.39 Å². The maximum absolute atomic E-state index is 13.1. The fourth-order valence-electron chi connectivity index (χ4n) is 3.60. The Labute approximate surface area is 113 Å². The van der Waals surface area contributed by atoms with Crippen LogP contribution in [0.3, 0.4) is 0 Å². The standard InChI is InChI=1S/C16H20FNO/c1-10-7-12(17)5-6-15(10)16(19)11-8-13-3-2-4-14(9-11)18-13/h5-7,11,13-14,18H,2-4,8-9H2,1H3. The second-order valence-electron chi connectivity index (χ2n) is 5.98. The van der Waals surface area contributed by atoms with Gasteiger partial charge in [-0.2, -0.15) is 0 Å². The second kappa shape index (κ2) is 5.04. The van der Waals surface area contributed by atoms with Gasteiger partial charge >= 0.3 is 0 Å². The average Bonchev–Trinajstić information content (AvgIpc) is 2.37. The van der Waals surface area contributed by atoms with Crippen LogP contribution in [0.2, 0.25) is 0 Å². The van der Waals surface area contributed by atoms with E-state index < -0.39 is 0 Å². The highest BCUT2D eigenvalue weighted by molar-refractivity contribution is 5.99. The van der Waals surface area contributed by atoms with E-state index in [1.807, 2.05) is 6.92 Å². The molecular weight excluding hydrogens is 241 g/mol. The zero-order valence-corrected chi connectivity index (χ0v) is 11.3. The van der Waals surface area contributed by atoms with Crippen LogP contribution in [0.25, 0.3) is 0 Å². The third-order valence-corrected chi connectivity index (χ3v) is 4.54. The minimum absolute atomic E-state index is 0.112. The van der Waals surface area contributed by atoms with Crippen LogP contribution in [0.15, 0.2) is 18.2 Å². The summed E-state index contributed by atoms with van der Waals surface area (Å²) in [6.45, 7) is 1.82. The Morgan fingerprint density at radius 2 is 1.95 bits per heavy atom. The molecule has 1 N–H and O–H groups in total. The summed E-state index contributed by atoms with van der Waals surface area (Å²) in [7, 11) is 0. The van der Waals surface area contributed by atoms with E-state index in [-0.39, 0.29) is 17.5 Å². The Morgan fingerprint density at radius 1 is 1.26 bits per heavy atom. The van der Waals surface area contributed by atoms with Crippen molar-refractivity contribution >= 4 is 5.78 Å². The fraction of sp³-hybridized carbons (Fsp3) is 0.562. The van der Waals surface area contributed by atoms with Crippen LogP contribution in [-0.4, -0.2) is 17.9 Å². The van der Waals surface area contributed by atoms with E-state index >= 15 is 0 Å². The van der Waals surface area contributed by atoms with Crippen molar-refractivity contribution in [2.45, 2.75) is 51.1 Å². The Morgan fingerprint density at radius 3 is 2.58 bits per heavy atom. The molecule has 0 aromatic heterocycles.